The summed E-state index contributed by atoms with van der Waals surface area (Å²) in [6.45, 7) is 7.13. The zero-order valence-corrected chi connectivity index (χ0v) is 10.8. The van der Waals surface area contributed by atoms with Crippen LogP contribution in [0.4, 0.5) is 0 Å². The largest absolute Gasteiger partial charge is 0.380 e. The fraction of sp³-hybridized carbons (Fsp3) is 1.00. The van der Waals surface area contributed by atoms with Gasteiger partial charge in [0.15, 0.2) is 0 Å². The van der Waals surface area contributed by atoms with Gasteiger partial charge in [0.05, 0.1) is 6.61 Å². The lowest BCUT2D eigenvalue weighted by atomic mass is 10.2. The highest BCUT2D eigenvalue weighted by Gasteiger charge is 2.12. The summed E-state index contributed by atoms with van der Waals surface area (Å²) in [5.74, 6) is 2.55. The Labute approximate surface area is 97.9 Å². The molecule has 0 spiro atoms. The third-order valence-electron chi connectivity index (χ3n) is 2.68. The van der Waals surface area contributed by atoms with Crippen LogP contribution in [0.15, 0.2) is 0 Å². The maximum atomic E-state index is 5.33. The summed E-state index contributed by atoms with van der Waals surface area (Å²) in [5.41, 5.74) is 0. The van der Waals surface area contributed by atoms with Crippen LogP contribution in [0.1, 0.15) is 13.3 Å². The van der Waals surface area contributed by atoms with Gasteiger partial charge in [-0.15, -0.1) is 0 Å². The van der Waals surface area contributed by atoms with E-state index >= 15 is 0 Å². The number of hydrogen-bond acceptors (Lipinski definition) is 4. The van der Waals surface area contributed by atoms with Gasteiger partial charge in [0, 0.05) is 37.2 Å². The van der Waals surface area contributed by atoms with Crippen molar-refractivity contribution in [1.82, 2.24) is 10.2 Å². The first-order valence-corrected chi connectivity index (χ1v) is 7.05. The monoisotopic (exact) mass is 232 g/mol. The van der Waals surface area contributed by atoms with Crippen molar-refractivity contribution in [2.24, 2.45) is 0 Å². The van der Waals surface area contributed by atoms with Crippen molar-refractivity contribution in [1.29, 1.82) is 0 Å². The number of nitrogens with one attached hydrogen (secondary N) is 1. The molecule has 0 radical (unpaired) electrons. The quantitative estimate of drug-likeness (QED) is 0.663. The molecular formula is C11H24N2OS. The predicted octanol–water partition coefficient (Wildman–Crippen LogP) is 1.05. The molecule has 1 N–H and O–H groups in total. The Morgan fingerprint density at radius 2 is 2.33 bits per heavy atom. The lowest BCUT2D eigenvalue weighted by Gasteiger charge is -2.25. The molecule has 1 aliphatic heterocycles. The summed E-state index contributed by atoms with van der Waals surface area (Å²) < 4.78 is 5.33. The zero-order valence-electron chi connectivity index (χ0n) is 10.00. The molecule has 1 fully saturated rings. The highest BCUT2D eigenvalue weighted by molar-refractivity contribution is 7.99. The van der Waals surface area contributed by atoms with Crippen LogP contribution in [0.3, 0.4) is 0 Å². The molecule has 15 heavy (non-hydrogen) atoms. The molecule has 0 saturated carbocycles. The van der Waals surface area contributed by atoms with Gasteiger partial charge in [0.25, 0.3) is 0 Å². The number of nitrogens with zero attached hydrogens (tertiary/aromatic N) is 1. The normalized spacial score (nSPS) is 22.2. The summed E-state index contributed by atoms with van der Waals surface area (Å²) in [7, 11) is 2.18. The smallest absolute Gasteiger partial charge is 0.0593 e. The van der Waals surface area contributed by atoms with Crippen LogP contribution in [0.25, 0.3) is 0 Å². The number of ether oxygens (including phenoxy) is 1. The van der Waals surface area contributed by atoms with Crippen molar-refractivity contribution in [2.45, 2.75) is 19.4 Å². The summed E-state index contributed by atoms with van der Waals surface area (Å²) in [6, 6.07) is 0.721. The molecule has 1 unspecified atom stereocenters. The Kier molecular flexibility index (Phi) is 7.44. The van der Waals surface area contributed by atoms with Gasteiger partial charge < -0.3 is 15.0 Å². The summed E-state index contributed by atoms with van der Waals surface area (Å²) in [5, 5.41) is 3.56. The predicted molar refractivity (Wildman–Crippen MR) is 67.7 cm³/mol. The van der Waals surface area contributed by atoms with E-state index in [0.29, 0.717) is 0 Å². The van der Waals surface area contributed by atoms with Gasteiger partial charge in [0.2, 0.25) is 0 Å². The first-order chi connectivity index (χ1) is 7.33. The Hall–Kier alpha value is 0.230. The van der Waals surface area contributed by atoms with E-state index in [0.717, 1.165) is 25.8 Å². The minimum absolute atomic E-state index is 0.721. The number of rotatable bonds is 7. The van der Waals surface area contributed by atoms with Gasteiger partial charge >= 0.3 is 0 Å². The molecule has 1 atom stereocenters. The third-order valence-corrected chi connectivity index (χ3v) is 3.81. The molecule has 1 heterocycles. The van der Waals surface area contributed by atoms with E-state index in [4.69, 9.17) is 4.74 Å². The van der Waals surface area contributed by atoms with E-state index in [-0.39, 0.29) is 0 Å². The van der Waals surface area contributed by atoms with Crippen molar-refractivity contribution >= 4 is 11.8 Å². The summed E-state index contributed by atoms with van der Waals surface area (Å²) >= 11 is 2.07. The second-order valence-corrected chi connectivity index (χ2v) is 5.16. The van der Waals surface area contributed by atoms with Gasteiger partial charge in [-0.3, -0.25) is 0 Å². The molecule has 0 aliphatic carbocycles. The fourth-order valence-corrected chi connectivity index (χ4v) is 2.66. The molecule has 0 aromatic rings. The average molecular weight is 232 g/mol. The average Bonchev–Trinajstić information content (AvgIpc) is 2.28. The third kappa shape index (κ3) is 6.40. The van der Waals surface area contributed by atoms with Gasteiger partial charge in [-0.05, 0) is 26.9 Å². The Bertz CT molecular complexity index is 152. The zero-order chi connectivity index (χ0) is 10.9. The van der Waals surface area contributed by atoms with Crippen molar-refractivity contribution in [3.05, 3.63) is 0 Å². The topological polar surface area (TPSA) is 24.5 Å². The van der Waals surface area contributed by atoms with E-state index in [2.05, 4.69) is 29.0 Å². The molecule has 1 saturated heterocycles. The minimum atomic E-state index is 0.721. The van der Waals surface area contributed by atoms with Crippen LogP contribution in [0.5, 0.6) is 0 Å². The van der Waals surface area contributed by atoms with Crippen LogP contribution in [0, 0.1) is 0 Å². The van der Waals surface area contributed by atoms with Gasteiger partial charge in [0.1, 0.15) is 0 Å². The maximum absolute atomic E-state index is 5.33. The second kappa shape index (κ2) is 8.39. The first kappa shape index (κ1) is 13.3. The molecular weight excluding hydrogens is 208 g/mol. The number of hydrogen-bond donors (Lipinski definition) is 1. The summed E-state index contributed by atoms with van der Waals surface area (Å²) in [6.07, 6.45) is 1.26. The molecule has 90 valence electrons. The van der Waals surface area contributed by atoms with Crippen molar-refractivity contribution in [3.8, 4) is 0 Å². The SMILES string of the molecule is CCOCCN(C)CCC1CSCCN1. The van der Waals surface area contributed by atoms with Crippen LogP contribution in [0.2, 0.25) is 0 Å². The molecule has 0 aromatic carbocycles. The van der Waals surface area contributed by atoms with Crippen molar-refractivity contribution in [2.75, 3.05) is 51.4 Å². The van der Waals surface area contributed by atoms with Gasteiger partial charge in [-0.2, -0.15) is 11.8 Å². The molecule has 3 nitrogen and oxygen atoms in total. The Morgan fingerprint density at radius 1 is 1.47 bits per heavy atom. The molecule has 0 bridgehead atoms. The number of thioether (sulfide) groups is 1. The van der Waals surface area contributed by atoms with Crippen molar-refractivity contribution < 1.29 is 4.74 Å². The van der Waals surface area contributed by atoms with Gasteiger partial charge in [-0.25, -0.2) is 0 Å². The van der Waals surface area contributed by atoms with Crippen molar-refractivity contribution in [3.63, 3.8) is 0 Å². The highest BCUT2D eigenvalue weighted by atomic mass is 32.2. The van der Waals surface area contributed by atoms with Crippen LogP contribution < -0.4 is 5.32 Å². The van der Waals surface area contributed by atoms with E-state index in [1.807, 2.05) is 6.92 Å². The van der Waals surface area contributed by atoms with Crippen LogP contribution >= 0.6 is 11.8 Å². The Morgan fingerprint density at radius 3 is 3.00 bits per heavy atom. The molecule has 4 heteroatoms. The van der Waals surface area contributed by atoms with Crippen LogP contribution in [-0.4, -0.2) is 62.3 Å². The Balaban J connectivity index is 1.97. The van der Waals surface area contributed by atoms with E-state index in [9.17, 15) is 0 Å². The highest BCUT2D eigenvalue weighted by Crippen LogP contribution is 2.10. The second-order valence-electron chi connectivity index (χ2n) is 4.01. The standard InChI is InChI=1S/C11H24N2OS/c1-3-14-8-7-13(2)6-4-11-10-15-9-5-12-11/h11-12H,3-10H2,1-2H3. The lowest BCUT2D eigenvalue weighted by molar-refractivity contribution is 0.121. The van der Waals surface area contributed by atoms with Gasteiger partial charge in [-0.1, -0.05) is 0 Å². The fourth-order valence-electron chi connectivity index (χ4n) is 1.66. The van der Waals surface area contributed by atoms with E-state index < -0.39 is 0 Å². The number of likely N-dealkylation sites (N-methyl/N-ethyl adjacent to an activating group) is 1. The molecule has 0 aromatic heterocycles. The van der Waals surface area contributed by atoms with E-state index in [1.54, 1.807) is 0 Å². The maximum Gasteiger partial charge on any atom is 0.0593 e. The van der Waals surface area contributed by atoms with E-state index in [1.165, 1.54) is 31.0 Å². The first-order valence-electron chi connectivity index (χ1n) is 5.90. The minimum Gasteiger partial charge on any atom is -0.380 e. The summed E-state index contributed by atoms with van der Waals surface area (Å²) in [4.78, 5) is 2.36. The molecule has 0 amide bonds. The van der Waals surface area contributed by atoms with Crippen LogP contribution in [-0.2, 0) is 4.74 Å². The molecule has 1 aliphatic rings. The molecule has 1 rings (SSSR count). The lowest BCUT2D eigenvalue weighted by Crippen LogP contribution is -2.40.